The van der Waals surface area contributed by atoms with E-state index in [1.54, 1.807) is 4.90 Å². The molecule has 1 aliphatic rings. The molecule has 0 aromatic heterocycles. The Hall–Kier alpha value is -1.74. The molecule has 0 radical (unpaired) electrons. The number of nitrogens with zero attached hydrogens (tertiary/aromatic N) is 1. The topological polar surface area (TPSA) is 104 Å². The smallest absolute Gasteiger partial charge is 0.267 e. The number of hydrogen-bond donors (Lipinski definition) is 2. The average molecular weight is 454 g/mol. The van der Waals surface area contributed by atoms with Crippen LogP contribution in [-0.2, 0) is 19.1 Å². The molecule has 1 aromatic rings. The van der Waals surface area contributed by atoms with Crippen molar-refractivity contribution >= 4 is 21.7 Å². The maximum Gasteiger partial charge on any atom is 0.267 e. The molecule has 0 saturated carbocycles. The van der Waals surface area contributed by atoms with E-state index in [2.05, 4.69) is 11.1 Å². The Morgan fingerprint density at radius 2 is 1.90 bits per heavy atom. The van der Waals surface area contributed by atoms with Crippen molar-refractivity contribution in [2.45, 2.75) is 76.5 Å². The molecule has 1 amide bonds. The van der Waals surface area contributed by atoms with Crippen LogP contribution in [0.3, 0.4) is 0 Å². The molecule has 8 heteroatoms. The molecule has 0 bridgehead atoms. The van der Waals surface area contributed by atoms with Gasteiger partial charge in [0.25, 0.3) is 10.1 Å². The van der Waals surface area contributed by atoms with Crippen molar-refractivity contribution in [1.82, 2.24) is 0 Å². The molecule has 1 aromatic carbocycles. The molecular formula is C23H35NO6S. The van der Waals surface area contributed by atoms with E-state index in [-0.39, 0.29) is 24.1 Å². The van der Waals surface area contributed by atoms with Crippen LogP contribution in [0.5, 0.6) is 0 Å². The third-order valence-electron chi connectivity index (χ3n) is 5.63. The molecule has 3 unspecified atom stereocenters. The molecule has 7 nitrogen and oxygen atoms in total. The molecule has 1 saturated heterocycles. The molecule has 31 heavy (non-hydrogen) atoms. The van der Waals surface area contributed by atoms with Gasteiger partial charge < -0.3 is 15.1 Å². The first-order valence-corrected chi connectivity index (χ1v) is 12.6. The SMILES string of the molecule is CCCCCC(O)c1ccc(N2C(=O)CC(O)C2CC=CCCCS(=O)(=O)OC)cc1. The van der Waals surface area contributed by atoms with E-state index in [1.807, 2.05) is 36.4 Å². The van der Waals surface area contributed by atoms with Gasteiger partial charge in [-0.25, -0.2) is 0 Å². The number of benzene rings is 1. The first-order chi connectivity index (χ1) is 14.8. The Bertz CT molecular complexity index is 821. The highest BCUT2D eigenvalue weighted by Gasteiger charge is 2.38. The van der Waals surface area contributed by atoms with Gasteiger partial charge in [0, 0.05) is 5.69 Å². The molecule has 0 aliphatic carbocycles. The third-order valence-corrected chi connectivity index (χ3v) is 6.93. The molecule has 0 spiro atoms. The van der Waals surface area contributed by atoms with Crippen molar-refractivity contribution in [2.24, 2.45) is 0 Å². The predicted molar refractivity (Wildman–Crippen MR) is 121 cm³/mol. The number of carbonyl (C=O) groups excluding carboxylic acids is 1. The van der Waals surface area contributed by atoms with Crippen LogP contribution in [0.15, 0.2) is 36.4 Å². The fraction of sp³-hybridized carbons (Fsp3) is 0.609. The maximum absolute atomic E-state index is 12.5. The third kappa shape index (κ3) is 7.71. The lowest BCUT2D eigenvalue weighted by atomic mass is 10.0. The highest BCUT2D eigenvalue weighted by Crippen LogP contribution is 2.31. The standard InChI is InChI=1S/C23H35NO6S/c1-3-4-7-11-21(25)18-12-14-19(15-13-18)24-20(22(26)17-23(24)27)10-8-5-6-9-16-31(28,29)30-2/h5,8,12-15,20-22,25-26H,3-4,6-7,9-11,16-17H2,1-2H3. The van der Waals surface area contributed by atoms with Crippen LogP contribution >= 0.6 is 0 Å². The van der Waals surface area contributed by atoms with Gasteiger partial charge in [0.05, 0.1) is 37.5 Å². The number of aliphatic hydroxyl groups excluding tert-OH is 2. The minimum Gasteiger partial charge on any atom is -0.390 e. The monoisotopic (exact) mass is 453 g/mol. The summed E-state index contributed by atoms with van der Waals surface area (Å²) in [6, 6.07) is 6.95. The van der Waals surface area contributed by atoms with Gasteiger partial charge in [0.15, 0.2) is 0 Å². The zero-order chi connectivity index (χ0) is 22.9. The first-order valence-electron chi connectivity index (χ1n) is 11.0. The Morgan fingerprint density at radius 3 is 2.55 bits per heavy atom. The van der Waals surface area contributed by atoms with E-state index in [0.29, 0.717) is 31.4 Å². The van der Waals surface area contributed by atoms with E-state index in [9.17, 15) is 23.4 Å². The molecular weight excluding hydrogens is 418 g/mol. The van der Waals surface area contributed by atoms with Crippen molar-refractivity contribution < 1.29 is 27.6 Å². The summed E-state index contributed by atoms with van der Waals surface area (Å²) < 4.78 is 27.0. The van der Waals surface area contributed by atoms with Crippen molar-refractivity contribution in [3.63, 3.8) is 0 Å². The van der Waals surface area contributed by atoms with E-state index in [1.165, 1.54) is 0 Å². The quantitative estimate of drug-likeness (QED) is 0.269. The zero-order valence-corrected chi connectivity index (χ0v) is 19.3. The van der Waals surface area contributed by atoms with E-state index >= 15 is 0 Å². The van der Waals surface area contributed by atoms with Crippen LogP contribution < -0.4 is 4.90 Å². The predicted octanol–water partition coefficient (Wildman–Crippen LogP) is 3.47. The van der Waals surface area contributed by atoms with Gasteiger partial charge in [0.1, 0.15) is 0 Å². The van der Waals surface area contributed by atoms with Gasteiger partial charge in [-0.2, -0.15) is 8.42 Å². The van der Waals surface area contributed by atoms with Crippen LogP contribution in [0.2, 0.25) is 0 Å². The minimum absolute atomic E-state index is 0.0405. The average Bonchev–Trinajstić information content (AvgIpc) is 3.03. The first kappa shape index (κ1) is 25.5. The fourth-order valence-corrected chi connectivity index (χ4v) is 4.48. The molecule has 2 rings (SSSR count). The molecule has 1 heterocycles. The number of allylic oxidation sites excluding steroid dienone is 1. The van der Waals surface area contributed by atoms with Gasteiger partial charge in [0.2, 0.25) is 5.91 Å². The number of amides is 1. The highest BCUT2D eigenvalue weighted by molar-refractivity contribution is 7.86. The second kappa shape index (κ2) is 12.3. The Kier molecular flexibility index (Phi) is 10.2. The van der Waals surface area contributed by atoms with E-state index < -0.39 is 22.3 Å². The molecule has 3 atom stereocenters. The molecule has 1 aliphatic heterocycles. The summed E-state index contributed by atoms with van der Waals surface area (Å²) in [7, 11) is -2.29. The summed E-state index contributed by atoms with van der Waals surface area (Å²) >= 11 is 0. The van der Waals surface area contributed by atoms with Crippen LogP contribution in [0.1, 0.15) is 70.0 Å². The Balaban J connectivity index is 1.95. The number of hydrogen-bond acceptors (Lipinski definition) is 6. The number of carbonyl (C=O) groups is 1. The maximum atomic E-state index is 12.5. The van der Waals surface area contributed by atoms with E-state index in [4.69, 9.17) is 0 Å². The summed E-state index contributed by atoms with van der Waals surface area (Å²) in [5, 5.41) is 20.7. The van der Waals surface area contributed by atoms with Crippen LogP contribution in [-0.4, -0.2) is 49.5 Å². The normalized spacial score (nSPS) is 20.6. The summed E-state index contributed by atoms with van der Waals surface area (Å²) in [5.41, 5.74) is 1.53. The molecule has 174 valence electrons. The second-order valence-corrected chi connectivity index (χ2v) is 9.84. The largest absolute Gasteiger partial charge is 0.390 e. The van der Waals surface area contributed by atoms with Gasteiger partial charge in [-0.1, -0.05) is 50.5 Å². The number of unbranched alkanes of at least 4 members (excludes halogenated alkanes) is 3. The van der Waals surface area contributed by atoms with Gasteiger partial charge in [-0.3, -0.25) is 8.98 Å². The summed E-state index contributed by atoms with van der Waals surface area (Å²) in [4.78, 5) is 14.1. The van der Waals surface area contributed by atoms with Gasteiger partial charge >= 0.3 is 0 Å². The lowest BCUT2D eigenvalue weighted by Crippen LogP contribution is -2.36. The zero-order valence-electron chi connectivity index (χ0n) is 18.4. The molecule has 2 N–H and O–H groups in total. The van der Waals surface area contributed by atoms with Crippen LogP contribution in [0.25, 0.3) is 0 Å². The van der Waals surface area contributed by atoms with Crippen molar-refractivity contribution in [3.8, 4) is 0 Å². The summed E-state index contributed by atoms with van der Waals surface area (Å²) in [5.74, 6) is -0.172. The van der Waals surface area contributed by atoms with Gasteiger partial charge in [-0.15, -0.1) is 0 Å². The Morgan fingerprint density at radius 1 is 1.19 bits per heavy atom. The lowest BCUT2D eigenvalue weighted by Gasteiger charge is -2.26. The fourth-order valence-electron chi connectivity index (χ4n) is 3.79. The Labute approximate surface area is 185 Å². The highest BCUT2D eigenvalue weighted by atomic mass is 32.2. The summed E-state index contributed by atoms with van der Waals surface area (Å²) in [6.45, 7) is 2.13. The minimum atomic E-state index is -3.44. The van der Waals surface area contributed by atoms with Crippen molar-refractivity contribution in [1.29, 1.82) is 0 Å². The second-order valence-electron chi connectivity index (χ2n) is 7.98. The van der Waals surface area contributed by atoms with Crippen LogP contribution in [0, 0.1) is 0 Å². The lowest BCUT2D eigenvalue weighted by molar-refractivity contribution is -0.117. The van der Waals surface area contributed by atoms with Crippen LogP contribution in [0.4, 0.5) is 5.69 Å². The van der Waals surface area contributed by atoms with E-state index in [0.717, 1.165) is 31.9 Å². The number of aliphatic hydroxyl groups is 2. The van der Waals surface area contributed by atoms with Crippen molar-refractivity contribution in [3.05, 3.63) is 42.0 Å². The van der Waals surface area contributed by atoms with Gasteiger partial charge in [-0.05, 0) is 43.4 Å². The van der Waals surface area contributed by atoms with Crippen molar-refractivity contribution in [2.75, 3.05) is 17.8 Å². The molecule has 1 fully saturated rings. The summed E-state index contributed by atoms with van der Waals surface area (Å²) in [6.07, 6.45) is 7.94. The number of rotatable bonds is 13. The number of anilines is 1.